The van der Waals surface area contributed by atoms with Gasteiger partial charge in [0.1, 0.15) is 5.82 Å². The molecule has 1 unspecified atom stereocenters. The van der Waals surface area contributed by atoms with Crippen LogP contribution < -0.4 is 5.32 Å². The maximum absolute atomic E-state index is 13.2. The molecule has 1 N–H and O–H groups in total. The van der Waals surface area contributed by atoms with Crippen LogP contribution in [0.3, 0.4) is 0 Å². The van der Waals surface area contributed by atoms with Crippen molar-refractivity contribution in [2.24, 2.45) is 5.92 Å². The monoisotopic (exact) mass is 271 g/mol. The Morgan fingerprint density at radius 2 is 2.06 bits per heavy atom. The average molecular weight is 272 g/mol. The molecule has 0 aliphatic carbocycles. The second-order valence-corrected chi connectivity index (χ2v) is 5.56. The molecule has 18 heavy (non-hydrogen) atoms. The van der Waals surface area contributed by atoms with Gasteiger partial charge in [0.15, 0.2) is 0 Å². The zero-order valence-electron chi connectivity index (χ0n) is 11.5. The van der Waals surface area contributed by atoms with Gasteiger partial charge in [-0.2, -0.15) is 0 Å². The number of rotatable bonds is 7. The van der Waals surface area contributed by atoms with Crippen LogP contribution in [0.2, 0.25) is 5.02 Å². The highest BCUT2D eigenvalue weighted by Crippen LogP contribution is 2.22. The summed E-state index contributed by atoms with van der Waals surface area (Å²) in [6, 6.07) is 5.09. The van der Waals surface area contributed by atoms with Gasteiger partial charge in [-0.3, -0.25) is 0 Å². The summed E-state index contributed by atoms with van der Waals surface area (Å²) in [5.41, 5.74) is 0.917. The van der Waals surface area contributed by atoms with E-state index in [1.54, 1.807) is 12.1 Å². The third kappa shape index (κ3) is 5.36. The quantitative estimate of drug-likeness (QED) is 0.773. The van der Waals surface area contributed by atoms with Crippen LogP contribution >= 0.6 is 11.6 Å². The molecule has 1 nitrogen and oxygen atoms in total. The smallest absolute Gasteiger partial charge is 0.123 e. The molecule has 0 amide bonds. The van der Waals surface area contributed by atoms with Gasteiger partial charge in [0.2, 0.25) is 0 Å². The Bertz CT molecular complexity index is 366. The van der Waals surface area contributed by atoms with E-state index in [9.17, 15) is 4.39 Å². The van der Waals surface area contributed by atoms with Crippen molar-refractivity contribution in [2.45, 2.75) is 46.1 Å². The molecular weight excluding hydrogens is 249 g/mol. The Kier molecular flexibility index (Phi) is 6.66. The lowest BCUT2D eigenvalue weighted by Gasteiger charge is -2.19. The van der Waals surface area contributed by atoms with Crippen molar-refractivity contribution in [2.75, 3.05) is 6.54 Å². The molecule has 0 spiro atoms. The Balaban J connectivity index is 2.66. The molecule has 0 aliphatic heterocycles. The van der Waals surface area contributed by atoms with Crippen LogP contribution in [0.25, 0.3) is 0 Å². The minimum Gasteiger partial charge on any atom is -0.314 e. The fourth-order valence-electron chi connectivity index (χ4n) is 2.10. The van der Waals surface area contributed by atoms with E-state index in [0.29, 0.717) is 17.0 Å². The lowest BCUT2D eigenvalue weighted by atomic mass is 9.94. The van der Waals surface area contributed by atoms with Gasteiger partial charge in [-0.25, -0.2) is 4.39 Å². The number of halogens is 2. The van der Waals surface area contributed by atoms with E-state index in [0.717, 1.165) is 31.4 Å². The molecule has 1 aromatic carbocycles. The normalized spacial score (nSPS) is 13.0. The molecule has 1 rings (SSSR count). The van der Waals surface area contributed by atoms with Crippen LogP contribution in [-0.4, -0.2) is 12.6 Å². The largest absolute Gasteiger partial charge is 0.314 e. The van der Waals surface area contributed by atoms with Gasteiger partial charge in [0.25, 0.3) is 0 Å². The maximum atomic E-state index is 13.2. The van der Waals surface area contributed by atoms with Gasteiger partial charge < -0.3 is 5.32 Å². The molecule has 0 fully saturated rings. The summed E-state index contributed by atoms with van der Waals surface area (Å²) in [5.74, 6) is 0.304. The zero-order chi connectivity index (χ0) is 13.5. The molecule has 0 bridgehead atoms. The third-order valence-electron chi connectivity index (χ3n) is 3.03. The van der Waals surface area contributed by atoms with Gasteiger partial charge >= 0.3 is 0 Å². The molecule has 3 heteroatoms. The summed E-state index contributed by atoms with van der Waals surface area (Å²) in [5, 5.41) is 4.12. The van der Waals surface area contributed by atoms with Gasteiger partial charge in [-0.1, -0.05) is 38.8 Å². The highest BCUT2D eigenvalue weighted by Gasteiger charge is 2.12. The van der Waals surface area contributed by atoms with Crippen LogP contribution in [0.5, 0.6) is 0 Å². The summed E-state index contributed by atoms with van der Waals surface area (Å²) in [6.07, 6.45) is 3.11. The molecule has 0 saturated carbocycles. The van der Waals surface area contributed by atoms with Crippen molar-refractivity contribution in [3.05, 3.63) is 34.6 Å². The van der Waals surface area contributed by atoms with Gasteiger partial charge in [-0.15, -0.1) is 0 Å². The first kappa shape index (κ1) is 15.5. The number of hydrogen-bond acceptors (Lipinski definition) is 1. The van der Waals surface area contributed by atoms with E-state index in [2.05, 4.69) is 26.1 Å². The highest BCUT2D eigenvalue weighted by molar-refractivity contribution is 6.31. The van der Waals surface area contributed by atoms with Gasteiger partial charge in [0, 0.05) is 11.1 Å². The topological polar surface area (TPSA) is 12.0 Å². The summed E-state index contributed by atoms with van der Waals surface area (Å²) in [4.78, 5) is 0. The molecule has 0 aliphatic rings. The first-order chi connectivity index (χ1) is 8.52. The van der Waals surface area contributed by atoms with Gasteiger partial charge in [0.05, 0.1) is 0 Å². The molecule has 0 heterocycles. The van der Waals surface area contributed by atoms with E-state index >= 15 is 0 Å². The minimum absolute atomic E-state index is 0.207. The Morgan fingerprint density at radius 3 is 2.67 bits per heavy atom. The minimum atomic E-state index is -0.207. The standard InChI is InChI=1S/C15H23ClFN/c1-4-5-12(10-18-11(2)3)8-13-9-14(17)6-7-15(13)16/h6-7,9,11-12,18H,4-5,8,10H2,1-3H3. The lowest BCUT2D eigenvalue weighted by molar-refractivity contribution is 0.418. The Hall–Kier alpha value is -0.600. The first-order valence-electron chi connectivity index (χ1n) is 6.70. The van der Waals surface area contributed by atoms with Crippen molar-refractivity contribution in [1.29, 1.82) is 0 Å². The first-order valence-corrected chi connectivity index (χ1v) is 7.08. The van der Waals surface area contributed by atoms with E-state index in [4.69, 9.17) is 11.6 Å². The van der Waals surface area contributed by atoms with Crippen LogP contribution in [0, 0.1) is 11.7 Å². The maximum Gasteiger partial charge on any atom is 0.123 e. The second-order valence-electron chi connectivity index (χ2n) is 5.16. The number of hydrogen-bond donors (Lipinski definition) is 1. The third-order valence-corrected chi connectivity index (χ3v) is 3.40. The van der Waals surface area contributed by atoms with E-state index < -0.39 is 0 Å². The number of nitrogens with one attached hydrogen (secondary N) is 1. The Morgan fingerprint density at radius 1 is 1.33 bits per heavy atom. The fourth-order valence-corrected chi connectivity index (χ4v) is 2.29. The molecule has 102 valence electrons. The molecular formula is C15H23ClFN. The van der Waals surface area contributed by atoms with Crippen LogP contribution in [0.1, 0.15) is 39.2 Å². The summed E-state index contributed by atoms with van der Waals surface area (Å²) < 4.78 is 13.2. The van der Waals surface area contributed by atoms with Crippen LogP contribution in [-0.2, 0) is 6.42 Å². The zero-order valence-corrected chi connectivity index (χ0v) is 12.2. The number of benzene rings is 1. The predicted octanol–water partition coefficient (Wildman–Crippen LogP) is 4.44. The molecule has 0 aromatic heterocycles. The summed E-state index contributed by atoms with van der Waals surface area (Å²) >= 11 is 6.12. The molecule has 0 radical (unpaired) electrons. The second kappa shape index (κ2) is 7.75. The molecule has 1 aromatic rings. The van der Waals surface area contributed by atoms with Crippen molar-refractivity contribution >= 4 is 11.6 Å². The van der Waals surface area contributed by atoms with Crippen molar-refractivity contribution in [3.8, 4) is 0 Å². The van der Waals surface area contributed by atoms with E-state index in [1.807, 2.05) is 0 Å². The van der Waals surface area contributed by atoms with E-state index in [1.165, 1.54) is 6.07 Å². The Labute approximate surface area is 115 Å². The lowest BCUT2D eigenvalue weighted by Crippen LogP contribution is -2.30. The van der Waals surface area contributed by atoms with Crippen molar-refractivity contribution in [1.82, 2.24) is 5.32 Å². The van der Waals surface area contributed by atoms with E-state index in [-0.39, 0.29) is 5.82 Å². The average Bonchev–Trinajstić information content (AvgIpc) is 2.31. The predicted molar refractivity (Wildman–Crippen MR) is 76.7 cm³/mol. The molecule has 0 saturated heterocycles. The van der Waals surface area contributed by atoms with Crippen LogP contribution in [0.4, 0.5) is 4.39 Å². The SMILES string of the molecule is CCCC(CNC(C)C)Cc1cc(F)ccc1Cl. The van der Waals surface area contributed by atoms with Crippen molar-refractivity contribution in [3.63, 3.8) is 0 Å². The summed E-state index contributed by atoms with van der Waals surface area (Å²) in [7, 11) is 0. The summed E-state index contributed by atoms with van der Waals surface area (Å²) in [6.45, 7) is 7.41. The highest BCUT2D eigenvalue weighted by atomic mass is 35.5. The fraction of sp³-hybridized carbons (Fsp3) is 0.600. The van der Waals surface area contributed by atoms with Crippen molar-refractivity contribution < 1.29 is 4.39 Å². The van der Waals surface area contributed by atoms with Crippen LogP contribution in [0.15, 0.2) is 18.2 Å². The molecule has 1 atom stereocenters. The van der Waals surface area contributed by atoms with Gasteiger partial charge in [-0.05, 0) is 49.1 Å².